The van der Waals surface area contributed by atoms with Crippen molar-refractivity contribution < 1.29 is 53.8 Å². The Morgan fingerprint density at radius 1 is 1.30 bits per heavy atom. The molecule has 0 saturated carbocycles. The molecule has 1 heterocycles. The van der Waals surface area contributed by atoms with Gasteiger partial charge in [0.2, 0.25) is 0 Å². The zero-order valence-corrected chi connectivity index (χ0v) is 12.1. The third-order valence-electron chi connectivity index (χ3n) is 0.840. The van der Waals surface area contributed by atoms with E-state index in [2.05, 4.69) is 6.42 Å². The predicted octanol–water partition coefficient (Wildman–Crippen LogP) is 0.883. The molecule has 1 aliphatic heterocycles. The van der Waals surface area contributed by atoms with Crippen LogP contribution in [0, 0.1) is 32.7 Å². The van der Waals surface area contributed by atoms with Gasteiger partial charge in [-0.15, -0.1) is 0 Å². The summed E-state index contributed by atoms with van der Waals surface area (Å²) in [5, 5.41) is 8.04. The van der Waals surface area contributed by atoms with Gasteiger partial charge in [-0.05, 0) is 0 Å². The van der Waals surface area contributed by atoms with Crippen LogP contribution in [-0.2, 0) is 53.8 Å². The van der Waals surface area contributed by atoms with Gasteiger partial charge in [-0.25, -0.2) is 0 Å². The Morgan fingerprint density at radius 3 is 1.70 bits per heavy atom. The Labute approximate surface area is 103 Å². The van der Waals surface area contributed by atoms with Crippen molar-refractivity contribution >= 4 is 0 Å². The molecule has 10 heavy (non-hydrogen) atoms. The second-order valence-electron chi connectivity index (χ2n) is 1.29. The maximum absolute atomic E-state index is 8.04. The van der Waals surface area contributed by atoms with Crippen LogP contribution in [0.4, 0.5) is 0 Å². The van der Waals surface area contributed by atoms with Gasteiger partial charge in [-0.1, -0.05) is 13.1 Å². The second kappa shape index (κ2) is 12.7. The van der Waals surface area contributed by atoms with Gasteiger partial charge in [0.15, 0.2) is 6.19 Å². The number of likely N-dealkylation sites (tertiary alicyclic amines) is 1. The number of hydrogen-bond acceptors (Lipinski definition) is 2. The van der Waals surface area contributed by atoms with Crippen molar-refractivity contribution in [3.8, 4) is 6.19 Å². The first-order valence-corrected chi connectivity index (χ1v) is 1.90. The van der Waals surface area contributed by atoms with Crippen molar-refractivity contribution in [3.63, 3.8) is 0 Å². The first-order chi connectivity index (χ1) is 2.93. The van der Waals surface area contributed by atoms with Crippen LogP contribution in [0.15, 0.2) is 0 Å². The van der Waals surface area contributed by atoms with Crippen LogP contribution in [-0.4, -0.2) is 18.0 Å². The molecule has 0 unspecified atom stereocenters. The summed E-state index contributed by atoms with van der Waals surface area (Å²) in [6.07, 6.45) is 4.06. The van der Waals surface area contributed by atoms with Crippen molar-refractivity contribution in [2.75, 3.05) is 13.1 Å². The molecule has 0 spiro atoms. The van der Waals surface area contributed by atoms with E-state index < -0.39 is 0 Å². The number of nitriles is 1. The van der Waals surface area contributed by atoms with E-state index in [1.807, 2.05) is 6.19 Å². The Bertz CT molecular complexity index is 88.2. The molecule has 1 fully saturated rings. The molecule has 1 saturated heterocycles. The molecule has 0 aromatic rings. The van der Waals surface area contributed by atoms with Crippen LogP contribution in [0.25, 0.3) is 0 Å². The van der Waals surface area contributed by atoms with Gasteiger partial charge < -0.3 is 19.8 Å². The van der Waals surface area contributed by atoms with Crippen molar-refractivity contribution in [2.24, 2.45) is 0 Å². The fourth-order valence-corrected chi connectivity index (χ4v) is 0.340. The Balaban J connectivity index is -0.0000000450. The van der Waals surface area contributed by atoms with E-state index in [1.165, 1.54) is 0 Å². The van der Waals surface area contributed by atoms with Gasteiger partial charge in [-0.2, -0.15) is 5.26 Å². The number of hydrogen-bond donors (Lipinski definition) is 0. The van der Waals surface area contributed by atoms with Gasteiger partial charge in [0, 0.05) is 32.7 Å². The maximum atomic E-state index is 8.04. The molecule has 1 aliphatic rings. The molecule has 0 aromatic carbocycles. The molecule has 0 aromatic heterocycles. The van der Waals surface area contributed by atoms with Crippen molar-refractivity contribution in [1.29, 1.82) is 5.26 Å². The monoisotopic (exact) mass is 384 g/mol. The summed E-state index contributed by atoms with van der Waals surface area (Å²) in [4.78, 5) is 1.68. The average Bonchev–Trinajstić information content (AvgIpc) is 1.31. The fraction of sp³-hybridized carbons (Fsp3) is 0.333. The summed E-state index contributed by atoms with van der Waals surface area (Å²) in [5.41, 5.74) is 0. The van der Waals surface area contributed by atoms with Crippen LogP contribution >= 0.6 is 0 Å². The first-order valence-electron chi connectivity index (χ1n) is 1.90. The summed E-state index contributed by atoms with van der Waals surface area (Å²) in [6.45, 7) is 1.72. The molecule has 0 atom stereocenters. The minimum atomic E-state index is 0. The zero-order chi connectivity index (χ0) is 4.41. The third kappa shape index (κ3) is 7.19. The average molecular weight is 384 g/mol. The topological polar surface area (TPSA) is 27.0 Å². The zero-order valence-electron chi connectivity index (χ0n) is 6.37. The number of nitrogens with zero attached hydrogens (tertiary/aromatic N) is 2. The molecule has 0 amide bonds. The predicted molar refractivity (Wildman–Crippen MR) is 34.3 cm³/mol. The van der Waals surface area contributed by atoms with Crippen LogP contribution in [0.2, 0.25) is 0 Å². The minimum absolute atomic E-state index is 0. The van der Waals surface area contributed by atoms with Crippen molar-refractivity contribution in [3.05, 3.63) is 21.3 Å². The third-order valence-corrected chi connectivity index (χ3v) is 0.840. The summed E-state index contributed by atoms with van der Waals surface area (Å²) in [7, 11) is 0. The summed E-state index contributed by atoms with van der Waals surface area (Å²) >= 11 is 0. The van der Waals surface area contributed by atoms with E-state index >= 15 is 0 Å². The molecule has 2 nitrogen and oxygen atoms in total. The minimum Gasteiger partial charge on any atom is -0.370 e. The molecule has 0 N–H and O–H groups in total. The molecule has 4 heteroatoms. The van der Waals surface area contributed by atoms with Crippen LogP contribution in [0.3, 0.4) is 0 Å². The summed E-state index contributed by atoms with van der Waals surface area (Å²) < 4.78 is 0. The van der Waals surface area contributed by atoms with Gasteiger partial charge in [-0.3, -0.25) is 6.42 Å². The van der Waals surface area contributed by atoms with Gasteiger partial charge in [0.25, 0.3) is 0 Å². The van der Waals surface area contributed by atoms with Crippen molar-refractivity contribution in [1.82, 2.24) is 4.90 Å². The molecule has 1 rings (SSSR count). The normalized spacial score (nSPS) is 11.3. The largest absolute Gasteiger partial charge is 2.00 e. The van der Waals surface area contributed by atoms with E-state index in [9.17, 15) is 0 Å². The van der Waals surface area contributed by atoms with Crippen LogP contribution in [0.5, 0.6) is 0 Å². The summed E-state index contributed by atoms with van der Waals surface area (Å²) in [6, 6.07) is 0. The SMILES string of the molecule is N#CN1C[CH-]C1.[CH3-].[CH3-].[W+2].[Y]. The van der Waals surface area contributed by atoms with Gasteiger partial charge >= 0.3 is 21.1 Å². The molecule has 55 valence electrons. The van der Waals surface area contributed by atoms with Gasteiger partial charge in [0.05, 0.1) is 0 Å². The van der Waals surface area contributed by atoms with E-state index in [-0.39, 0.29) is 68.6 Å². The van der Waals surface area contributed by atoms with Crippen LogP contribution in [0.1, 0.15) is 0 Å². The van der Waals surface area contributed by atoms with Crippen molar-refractivity contribution in [2.45, 2.75) is 0 Å². The first kappa shape index (κ1) is 22.5. The molecule has 0 aliphatic carbocycles. The molecule has 0 bridgehead atoms. The van der Waals surface area contributed by atoms with E-state index in [0.29, 0.717) is 0 Å². The number of rotatable bonds is 0. The maximum Gasteiger partial charge on any atom is 2.00 e. The standard InChI is InChI=1S/C4H5N2.2CH3.W.Y/c5-4-6-2-1-3-6;;;;/h1H,2-3H2;2*1H3;;/q3*-1;+2;. The van der Waals surface area contributed by atoms with E-state index in [0.717, 1.165) is 13.1 Å². The Morgan fingerprint density at radius 2 is 1.70 bits per heavy atom. The Hall–Kier alpha value is 1.08. The fourth-order valence-electron chi connectivity index (χ4n) is 0.340. The van der Waals surface area contributed by atoms with Crippen LogP contribution < -0.4 is 0 Å². The van der Waals surface area contributed by atoms with Gasteiger partial charge in [0.1, 0.15) is 0 Å². The quantitative estimate of drug-likeness (QED) is 0.459. The molecule has 1 radical (unpaired) electrons. The Kier molecular flexibility index (Phi) is 28.6. The smallest absolute Gasteiger partial charge is 0.370 e. The molecular formula is C6H11N2WY-. The second-order valence-corrected chi connectivity index (χ2v) is 1.29. The molecular weight excluding hydrogens is 373 g/mol. The van der Waals surface area contributed by atoms with E-state index in [4.69, 9.17) is 5.26 Å². The summed E-state index contributed by atoms with van der Waals surface area (Å²) in [5.74, 6) is 0. The van der Waals surface area contributed by atoms with E-state index in [1.54, 1.807) is 4.90 Å².